The molecule has 2 aromatic rings. The Hall–Kier alpha value is -2.93. The zero-order valence-electron chi connectivity index (χ0n) is 14.6. The van der Waals surface area contributed by atoms with E-state index in [2.05, 4.69) is 11.7 Å². The number of benzene rings is 2. The van der Waals surface area contributed by atoms with Gasteiger partial charge < -0.3 is 4.90 Å². The molecule has 0 unspecified atom stereocenters. The third-order valence-corrected chi connectivity index (χ3v) is 5.76. The van der Waals surface area contributed by atoms with E-state index in [9.17, 15) is 13.2 Å². The van der Waals surface area contributed by atoms with E-state index in [-0.39, 0.29) is 16.5 Å². The van der Waals surface area contributed by atoms with Gasteiger partial charge in [0.1, 0.15) is 0 Å². The molecule has 134 valence electrons. The first-order valence-corrected chi connectivity index (χ1v) is 9.46. The zero-order valence-corrected chi connectivity index (χ0v) is 15.4. The van der Waals surface area contributed by atoms with Crippen molar-refractivity contribution in [3.05, 3.63) is 72.3 Å². The minimum absolute atomic E-state index is 0.0978. The van der Waals surface area contributed by atoms with Crippen LogP contribution < -0.4 is 4.90 Å². The van der Waals surface area contributed by atoms with E-state index in [0.717, 1.165) is 9.98 Å². The molecule has 1 aliphatic heterocycles. The lowest BCUT2D eigenvalue weighted by Crippen LogP contribution is -2.32. The molecule has 26 heavy (non-hydrogen) atoms. The molecule has 1 aliphatic rings. The topological polar surface area (TPSA) is 70.1 Å². The maximum absolute atomic E-state index is 12.7. The second kappa shape index (κ2) is 6.76. The van der Waals surface area contributed by atoms with Gasteiger partial charge in [0.15, 0.2) is 5.71 Å². The largest absolute Gasteiger partial charge is 0.302 e. The lowest BCUT2D eigenvalue weighted by atomic mass is 10.1. The van der Waals surface area contributed by atoms with Gasteiger partial charge in [-0.3, -0.25) is 4.79 Å². The summed E-state index contributed by atoms with van der Waals surface area (Å²) in [4.78, 5) is 14.4. The summed E-state index contributed by atoms with van der Waals surface area (Å²) in [5, 5.41) is 4.14. The molecule has 0 aromatic heterocycles. The number of nitrogens with zero attached hydrogens (tertiary/aromatic N) is 3. The average Bonchev–Trinajstić information content (AvgIpc) is 2.88. The number of hydrogen-bond acceptors (Lipinski definition) is 4. The van der Waals surface area contributed by atoms with E-state index in [1.54, 1.807) is 36.4 Å². The van der Waals surface area contributed by atoms with Crippen LogP contribution in [0.5, 0.6) is 0 Å². The van der Waals surface area contributed by atoms with E-state index in [0.29, 0.717) is 17.8 Å². The molecule has 0 atom stereocenters. The smallest absolute Gasteiger partial charge is 0.279 e. The predicted octanol–water partition coefficient (Wildman–Crippen LogP) is 2.55. The highest BCUT2D eigenvalue weighted by Gasteiger charge is 2.34. The Morgan fingerprint density at radius 3 is 2.46 bits per heavy atom. The van der Waals surface area contributed by atoms with E-state index in [1.165, 1.54) is 24.1 Å². The minimum atomic E-state index is -3.84. The molecule has 6 nitrogen and oxygen atoms in total. The fourth-order valence-electron chi connectivity index (χ4n) is 2.73. The molecule has 0 bridgehead atoms. The summed E-state index contributed by atoms with van der Waals surface area (Å²) in [5.74, 6) is -0.350. The van der Waals surface area contributed by atoms with Gasteiger partial charge in [-0.15, -0.1) is 6.58 Å². The van der Waals surface area contributed by atoms with Crippen molar-refractivity contribution >= 4 is 27.3 Å². The van der Waals surface area contributed by atoms with Crippen molar-refractivity contribution in [3.63, 3.8) is 0 Å². The molecule has 0 radical (unpaired) electrons. The summed E-state index contributed by atoms with van der Waals surface area (Å²) in [6.07, 6.45) is 1.62. The number of aryl methyl sites for hydroxylation is 1. The van der Waals surface area contributed by atoms with Gasteiger partial charge in [0.2, 0.25) is 0 Å². The number of carbonyl (C=O) groups excluding carboxylic acids is 1. The number of para-hydroxylation sites is 1. The van der Waals surface area contributed by atoms with Crippen LogP contribution in [0.3, 0.4) is 0 Å². The molecular weight excluding hydrogens is 350 g/mol. The molecule has 0 aliphatic carbocycles. The van der Waals surface area contributed by atoms with E-state index < -0.39 is 10.0 Å². The van der Waals surface area contributed by atoms with Gasteiger partial charge in [0, 0.05) is 19.2 Å². The van der Waals surface area contributed by atoms with Crippen LogP contribution in [-0.4, -0.2) is 38.0 Å². The van der Waals surface area contributed by atoms with Gasteiger partial charge in [-0.05, 0) is 25.1 Å². The summed E-state index contributed by atoms with van der Waals surface area (Å²) < 4.78 is 26.3. The summed E-state index contributed by atoms with van der Waals surface area (Å²) in [6, 6.07) is 13.6. The fourth-order valence-corrected chi connectivity index (χ4v) is 3.70. The molecule has 3 rings (SSSR count). The van der Waals surface area contributed by atoms with Crippen LogP contribution in [-0.2, 0) is 14.8 Å². The van der Waals surface area contributed by atoms with E-state index in [4.69, 9.17) is 0 Å². The predicted molar refractivity (Wildman–Crippen MR) is 102 cm³/mol. The van der Waals surface area contributed by atoms with Gasteiger partial charge in [-0.1, -0.05) is 42.0 Å². The maximum Gasteiger partial charge on any atom is 0.279 e. The number of anilines is 1. The van der Waals surface area contributed by atoms with Crippen LogP contribution >= 0.6 is 0 Å². The highest BCUT2D eigenvalue weighted by molar-refractivity contribution is 7.89. The van der Waals surface area contributed by atoms with Crippen molar-refractivity contribution in [1.82, 2.24) is 4.41 Å². The van der Waals surface area contributed by atoms with Crippen LogP contribution in [0.25, 0.3) is 0 Å². The fraction of sp³-hybridized carbons (Fsp3) is 0.158. The zero-order chi connectivity index (χ0) is 18.9. The Kier molecular flexibility index (Phi) is 4.65. The maximum atomic E-state index is 12.7. The number of amides is 1. The molecule has 1 amide bonds. The molecule has 7 heteroatoms. The number of sulfonamides is 1. The lowest BCUT2D eigenvalue weighted by Gasteiger charge is -2.15. The molecule has 0 spiro atoms. The summed E-state index contributed by atoms with van der Waals surface area (Å²) in [5.41, 5.74) is 2.35. The normalized spacial score (nSPS) is 15.2. The minimum Gasteiger partial charge on any atom is -0.302 e. The Labute approximate surface area is 153 Å². The van der Waals surface area contributed by atoms with E-state index >= 15 is 0 Å². The Balaban J connectivity index is 2.02. The third kappa shape index (κ3) is 3.01. The number of fused-ring (bicyclic) bond motifs is 1. The van der Waals surface area contributed by atoms with Crippen molar-refractivity contribution in [1.29, 1.82) is 0 Å². The van der Waals surface area contributed by atoms with Crippen molar-refractivity contribution < 1.29 is 13.2 Å². The SMILES string of the molecule is C=CCN1C(=O)C(=NN(C)S(=O)(=O)c2ccc(C)cc2)c2ccccc21. The van der Waals surface area contributed by atoms with Crippen LogP contribution in [0.4, 0.5) is 5.69 Å². The molecule has 2 aromatic carbocycles. The number of rotatable bonds is 5. The quantitative estimate of drug-likeness (QED) is 0.601. The summed E-state index contributed by atoms with van der Waals surface area (Å²) >= 11 is 0. The summed E-state index contributed by atoms with van der Waals surface area (Å²) in [7, 11) is -2.52. The van der Waals surface area contributed by atoms with Crippen LogP contribution in [0.2, 0.25) is 0 Å². The van der Waals surface area contributed by atoms with Crippen molar-refractivity contribution in [3.8, 4) is 0 Å². The second-order valence-corrected chi connectivity index (χ2v) is 7.87. The lowest BCUT2D eigenvalue weighted by molar-refractivity contribution is -0.112. The molecule has 0 saturated heterocycles. The van der Waals surface area contributed by atoms with Gasteiger partial charge in [0.25, 0.3) is 15.9 Å². The second-order valence-electron chi connectivity index (χ2n) is 5.92. The number of hydrazone groups is 1. The highest BCUT2D eigenvalue weighted by atomic mass is 32.2. The first-order chi connectivity index (χ1) is 12.4. The molecule has 0 N–H and O–H groups in total. The Bertz CT molecular complexity index is 995. The Morgan fingerprint density at radius 2 is 1.81 bits per heavy atom. The number of carbonyl (C=O) groups is 1. The van der Waals surface area contributed by atoms with Crippen molar-refractivity contribution in [2.24, 2.45) is 5.10 Å². The average molecular weight is 369 g/mol. The van der Waals surface area contributed by atoms with E-state index in [1.807, 2.05) is 13.0 Å². The van der Waals surface area contributed by atoms with Gasteiger partial charge in [0.05, 0.1) is 10.6 Å². The third-order valence-electron chi connectivity index (χ3n) is 4.12. The first-order valence-electron chi connectivity index (χ1n) is 8.02. The highest BCUT2D eigenvalue weighted by Crippen LogP contribution is 2.29. The number of hydrogen-bond donors (Lipinski definition) is 0. The van der Waals surface area contributed by atoms with Gasteiger partial charge in [-0.25, -0.2) is 0 Å². The molecule has 0 fully saturated rings. The molecule has 1 heterocycles. The molecule has 0 saturated carbocycles. The van der Waals surface area contributed by atoms with Crippen molar-refractivity contribution in [2.45, 2.75) is 11.8 Å². The van der Waals surface area contributed by atoms with Crippen LogP contribution in [0, 0.1) is 6.92 Å². The van der Waals surface area contributed by atoms with Crippen molar-refractivity contribution in [2.75, 3.05) is 18.5 Å². The monoisotopic (exact) mass is 369 g/mol. The van der Waals surface area contributed by atoms with Gasteiger partial charge in [-0.2, -0.15) is 17.9 Å². The first kappa shape index (κ1) is 17.9. The standard InChI is InChI=1S/C19H19N3O3S/c1-4-13-22-17-8-6-5-7-16(17)18(19(22)23)20-21(3)26(24,25)15-11-9-14(2)10-12-15/h4-12H,1,13H2,2-3H3. The van der Waals surface area contributed by atoms with Crippen LogP contribution in [0.15, 0.2) is 71.2 Å². The summed E-state index contributed by atoms with van der Waals surface area (Å²) in [6.45, 7) is 5.86. The van der Waals surface area contributed by atoms with Crippen LogP contribution in [0.1, 0.15) is 11.1 Å². The Morgan fingerprint density at radius 1 is 1.15 bits per heavy atom. The van der Waals surface area contributed by atoms with Gasteiger partial charge >= 0.3 is 0 Å². The molecular formula is C19H19N3O3S.